The smallest absolute Gasteiger partial charge is 0.315 e. The molecule has 0 aliphatic carbocycles. The average Bonchev–Trinajstić information content (AvgIpc) is 2.60. The maximum absolute atomic E-state index is 14.0. The molecule has 1 aromatic carbocycles. The Bertz CT molecular complexity index is 589. The number of benzene rings is 1. The fourth-order valence-corrected chi connectivity index (χ4v) is 3.16. The Kier molecular flexibility index (Phi) is 7.66. The molecule has 0 spiro atoms. The molecule has 7 heteroatoms. The van der Waals surface area contributed by atoms with Crippen LogP contribution in [0.15, 0.2) is 18.2 Å². The maximum Gasteiger partial charge on any atom is 0.315 e. The lowest BCUT2D eigenvalue weighted by molar-refractivity contribution is 0.00719. The van der Waals surface area contributed by atoms with Crippen LogP contribution in [0.2, 0.25) is 0 Å². The van der Waals surface area contributed by atoms with Gasteiger partial charge in [0.05, 0.1) is 18.9 Å². The third-order valence-corrected chi connectivity index (χ3v) is 4.70. The second-order valence-electron chi connectivity index (χ2n) is 7.20. The summed E-state index contributed by atoms with van der Waals surface area (Å²) in [4.78, 5) is 16.2. The molecule has 26 heavy (non-hydrogen) atoms. The SMILES string of the molecule is CC(C)C(CNC(=O)NCc1ccc(N(C)C)c(F)c1)N1CCOCC1. The molecule has 2 rings (SSSR count). The highest BCUT2D eigenvalue weighted by Gasteiger charge is 2.24. The predicted molar refractivity (Wildman–Crippen MR) is 102 cm³/mol. The molecule has 0 bridgehead atoms. The number of carbonyl (C=O) groups is 1. The Morgan fingerprint density at radius 2 is 1.96 bits per heavy atom. The van der Waals surface area contributed by atoms with Gasteiger partial charge in [-0.2, -0.15) is 0 Å². The average molecular weight is 366 g/mol. The normalized spacial score (nSPS) is 16.4. The first-order valence-electron chi connectivity index (χ1n) is 9.17. The number of carbonyl (C=O) groups excluding carboxylic acids is 1. The van der Waals surface area contributed by atoms with Gasteiger partial charge < -0.3 is 20.3 Å². The molecule has 1 heterocycles. The summed E-state index contributed by atoms with van der Waals surface area (Å²) in [6.07, 6.45) is 0. The molecule has 1 aliphatic rings. The van der Waals surface area contributed by atoms with Crippen molar-refractivity contribution in [1.29, 1.82) is 0 Å². The number of anilines is 1. The Labute approximate surface area is 155 Å². The zero-order chi connectivity index (χ0) is 19.1. The van der Waals surface area contributed by atoms with E-state index in [2.05, 4.69) is 29.4 Å². The van der Waals surface area contributed by atoms with Crippen molar-refractivity contribution in [1.82, 2.24) is 15.5 Å². The van der Waals surface area contributed by atoms with Crippen molar-refractivity contribution >= 4 is 11.7 Å². The number of nitrogens with zero attached hydrogens (tertiary/aromatic N) is 2. The largest absolute Gasteiger partial charge is 0.379 e. The first kappa shape index (κ1) is 20.5. The van der Waals surface area contributed by atoms with Gasteiger partial charge in [-0.25, -0.2) is 9.18 Å². The number of halogens is 1. The van der Waals surface area contributed by atoms with Crippen molar-refractivity contribution < 1.29 is 13.9 Å². The standard InChI is InChI=1S/C19H31FN4O2/c1-14(2)18(24-7-9-26-10-8-24)13-22-19(25)21-12-15-5-6-17(23(3)4)16(20)11-15/h5-6,11,14,18H,7-10,12-13H2,1-4H3,(H2,21,22,25). The first-order chi connectivity index (χ1) is 12.4. The molecular formula is C19H31FN4O2. The van der Waals surface area contributed by atoms with Crippen LogP contribution >= 0.6 is 0 Å². The first-order valence-corrected chi connectivity index (χ1v) is 9.17. The summed E-state index contributed by atoms with van der Waals surface area (Å²) in [5.41, 5.74) is 1.26. The summed E-state index contributed by atoms with van der Waals surface area (Å²) in [5.74, 6) is 0.142. The summed E-state index contributed by atoms with van der Waals surface area (Å²) in [6, 6.07) is 5.05. The molecule has 1 aromatic rings. The van der Waals surface area contributed by atoms with E-state index in [1.165, 1.54) is 6.07 Å². The highest BCUT2D eigenvalue weighted by molar-refractivity contribution is 5.73. The van der Waals surface area contributed by atoms with E-state index in [4.69, 9.17) is 4.74 Å². The molecule has 0 radical (unpaired) electrons. The molecule has 1 atom stereocenters. The summed E-state index contributed by atoms with van der Waals surface area (Å²) in [5, 5.41) is 5.74. The molecule has 2 N–H and O–H groups in total. The van der Waals surface area contributed by atoms with Crippen molar-refractivity contribution in [2.45, 2.75) is 26.4 Å². The van der Waals surface area contributed by atoms with E-state index in [0.29, 0.717) is 24.7 Å². The molecule has 1 saturated heterocycles. The van der Waals surface area contributed by atoms with Gasteiger partial charge in [-0.15, -0.1) is 0 Å². The van der Waals surface area contributed by atoms with Crippen LogP contribution in [0.3, 0.4) is 0 Å². The third-order valence-electron chi connectivity index (χ3n) is 4.70. The van der Waals surface area contributed by atoms with Crippen LogP contribution < -0.4 is 15.5 Å². The van der Waals surface area contributed by atoms with Gasteiger partial charge in [-0.05, 0) is 23.6 Å². The van der Waals surface area contributed by atoms with Gasteiger partial charge in [0.2, 0.25) is 0 Å². The van der Waals surface area contributed by atoms with Crippen molar-refractivity contribution in [3.63, 3.8) is 0 Å². The zero-order valence-corrected chi connectivity index (χ0v) is 16.2. The number of hydrogen-bond donors (Lipinski definition) is 2. The van der Waals surface area contributed by atoms with Crippen LogP contribution in [0.4, 0.5) is 14.9 Å². The minimum absolute atomic E-state index is 0.235. The van der Waals surface area contributed by atoms with E-state index in [1.807, 2.05) is 6.07 Å². The number of ether oxygens (including phenoxy) is 1. The fraction of sp³-hybridized carbons (Fsp3) is 0.632. The highest BCUT2D eigenvalue weighted by atomic mass is 19.1. The maximum atomic E-state index is 14.0. The van der Waals surface area contributed by atoms with E-state index in [9.17, 15) is 9.18 Å². The van der Waals surface area contributed by atoms with Crippen LogP contribution in [0.5, 0.6) is 0 Å². The predicted octanol–water partition coefficient (Wildman–Crippen LogP) is 2.05. The van der Waals surface area contributed by atoms with Gasteiger partial charge in [0.1, 0.15) is 5.82 Å². The monoisotopic (exact) mass is 366 g/mol. The molecule has 2 amide bonds. The number of hydrogen-bond acceptors (Lipinski definition) is 4. The summed E-state index contributed by atoms with van der Waals surface area (Å²) in [7, 11) is 3.59. The second-order valence-corrected chi connectivity index (χ2v) is 7.20. The third kappa shape index (κ3) is 5.85. The van der Waals surface area contributed by atoms with E-state index < -0.39 is 0 Å². The van der Waals surface area contributed by atoms with Crippen molar-refractivity contribution in [3.8, 4) is 0 Å². The zero-order valence-electron chi connectivity index (χ0n) is 16.2. The van der Waals surface area contributed by atoms with Crippen LogP contribution in [0.1, 0.15) is 19.4 Å². The molecule has 1 fully saturated rings. The minimum atomic E-state index is -0.290. The van der Waals surface area contributed by atoms with Crippen LogP contribution in [-0.4, -0.2) is 63.9 Å². The Balaban J connectivity index is 1.81. The van der Waals surface area contributed by atoms with Gasteiger partial charge in [0.25, 0.3) is 0 Å². The second kappa shape index (κ2) is 9.73. The summed E-state index contributed by atoms with van der Waals surface area (Å²) >= 11 is 0. The van der Waals surface area contributed by atoms with Crippen LogP contribution in [-0.2, 0) is 11.3 Å². The number of amides is 2. The number of urea groups is 1. The quantitative estimate of drug-likeness (QED) is 0.776. The Hall–Kier alpha value is -1.86. The molecule has 1 unspecified atom stereocenters. The van der Waals surface area contributed by atoms with Crippen molar-refractivity contribution in [2.24, 2.45) is 5.92 Å². The lowest BCUT2D eigenvalue weighted by Gasteiger charge is -2.36. The molecule has 0 saturated carbocycles. The number of rotatable bonds is 7. The Morgan fingerprint density at radius 1 is 1.27 bits per heavy atom. The highest BCUT2D eigenvalue weighted by Crippen LogP contribution is 2.18. The lowest BCUT2D eigenvalue weighted by Crippen LogP contribution is -2.52. The van der Waals surface area contributed by atoms with Crippen molar-refractivity contribution in [2.75, 3.05) is 51.8 Å². The lowest BCUT2D eigenvalue weighted by atomic mass is 10.0. The van der Waals surface area contributed by atoms with E-state index in [0.717, 1.165) is 31.9 Å². The van der Waals surface area contributed by atoms with E-state index in [-0.39, 0.29) is 17.9 Å². The fourth-order valence-electron chi connectivity index (χ4n) is 3.16. The minimum Gasteiger partial charge on any atom is -0.379 e. The van der Waals surface area contributed by atoms with Crippen LogP contribution in [0.25, 0.3) is 0 Å². The summed E-state index contributed by atoms with van der Waals surface area (Å²) in [6.45, 7) is 8.46. The topological polar surface area (TPSA) is 56.8 Å². The van der Waals surface area contributed by atoms with E-state index in [1.54, 1.807) is 25.1 Å². The number of nitrogens with one attached hydrogen (secondary N) is 2. The number of morpholine rings is 1. The molecule has 0 aromatic heterocycles. The van der Waals surface area contributed by atoms with Gasteiger partial charge in [-0.3, -0.25) is 4.90 Å². The molecule has 6 nitrogen and oxygen atoms in total. The molecular weight excluding hydrogens is 335 g/mol. The van der Waals surface area contributed by atoms with E-state index >= 15 is 0 Å². The van der Waals surface area contributed by atoms with Gasteiger partial charge in [-0.1, -0.05) is 19.9 Å². The van der Waals surface area contributed by atoms with Gasteiger partial charge in [0.15, 0.2) is 0 Å². The molecule has 1 aliphatic heterocycles. The van der Waals surface area contributed by atoms with Crippen LogP contribution in [0, 0.1) is 11.7 Å². The molecule has 146 valence electrons. The van der Waals surface area contributed by atoms with Crippen molar-refractivity contribution in [3.05, 3.63) is 29.6 Å². The van der Waals surface area contributed by atoms with Gasteiger partial charge >= 0.3 is 6.03 Å². The van der Waals surface area contributed by atoms with Gasteiger partial charge in [0, 0.05) is 46.3 Å². The summed E-state index contributed by atoms with van der Waals surface area (Å²) < 4.78 is 19.4. The Morgan fingerprint density at radius 3 is 2.54 bits per heavy atom.